The van der Waals surface area contributed by atoms with E-state index in [0.717, 1.165) is 37.1 Å². The Morgan fingerprint density at radius 2 is 1.64 bits per heavy atom. The largest absolute Gasteiger partial charge is 0.339 e. The van der Waals surface area contributed by atoms with E-state index in [9.17, 15) is 4.79 Å². The van der Waals surface area contributed by atoms with E-state index in [0.29, 0.717) is 16.0 Å². The first kappa shape index (κ1) is 15.4. The van der Waals surface area contributed by atoms with Gasteiger partial charge in [0.1, 0.15) is 0 Å². The van der Waals surface area contributed by atoms with Crippen LogP contribution in [0.5, 0.6) is 0 Å². The average Bonchev–Trinajstić information content (AvgIpc) is 2.58. The molecular weight excluding hydrogens is 317 g/mol. The van der Waals surface area contributed by atoms with Crippen LogP contribution in [0.1, 0.15) is 34.7 Å². The van der Waals surface area contributed by atoms with Crippen molar-refractivity contribution >= 4 is 29.1 Å². The van der Waals surface area contributed by atoms with Crippen LogP contribution in [0.4, 0.5) is 0 Å². The first-order valence-corrected chi connectivity index (χ1v) is 8.20. The summed E-state index contributed by atoms with van der Waals surface area (Å²) in [5.74, 6) is 0.474. The third-order valence-corrected chi connectivity index (χ3v) is 5.06. The fourth-order valence-corrected chi connectivity index (χ4v) is 3.45. The molecular formula is C18H17Cl2NO. The van der Waals surface area contributed by atoms with E-state index >= 15 is 0 Å². The lowest BCUT2D eigenvalue weighted by molar-refractivity contribution is 0.0713. The van der Waals surface area contributed by atoms with E-state index in [2.05, 4.69) is 0 Å². The molecule has 0 unspecified atom stereocenters. The summed E-state index contributed by atoms with van der Waals surface area (Å²) in [6, 6.07) is 15.2. The zero-order valence-corrected chi connectivity index (χ0v) is 13.6. The second-order valence-electron chi connectivity index (χ2n) is 5.58. The van der Waals surface area contributed by atoms with Crippen LogP contribution >= 0.6 is 23.2 Å². The number of halogens is 2. The quantitative estimate of drug-likeness (QED) is 0.756. The van der Waals surface area contributed by atoms with Crippen LogP contribution in [0.2, 0.25) is 10.0 Å². The average molecular weight is 334 g/mol. The molecule has 1 aliphatic heterocycles. The van der Waals surface area contributed by atoms with Crippen LogP contribution in [0.15, 0.2) is 48.5 Å². The Balaban J connectivity index is 1.68. The Bertz CT molecular complexity index is 664. The molecule has 1 heterocycles. The molecule has 0 aliphatic carbocycles. The maximum atomic E-state index is 12.4. The monoisotopic (exact) mass is 333 g/mol. The van der Waals surface area contributed by atoms with Gasteiger partial charge in [-0.15, -0.1) is 0 Å². The van der Waals surface area contributed by atoms with Crippen molar-refractivity contribution < 1.29 is 4.79 Å². The van der Waals surface area contributed by atoms with E-state index < -0.39 is 0 Å². The molecule has 0 bridgehead atoms. The molecule has 1 aliphatic rings. The molecule has 3 rings (SSSR count). The SMILES string of the molecule is O=C(c1ccccc1)N1CCC(c2cccc(Cl)c2Cl)CC1. The summed E-state index contributed by atoms with van der Waals surface area (Å²) < 4.78 is 0. The van der Waals surface area contributed by atoms with E-state index in [4.69, 9.17) is 23.2 Å². The lowest BCUT2D eigenvalue weighted by Gasteiger charge is -2.32. The van der Waals surface area contributed by atoms with Crippen LogP contribution in [-0.4, -0.2) is 23.9 Å². The highest BCUT2D eigenvalue weighted by Gasteiger charge is 2.26. The van der Waals surface area contributed by atoms with E-state index in [1.807, 2.05) is 47.4 Å². The fourth-order valence-electron chi connectivity index (χ4n) is 2.99. The molecule has 0 saturated carbocycles. The summed E-state index contributed by atoms with van der Waals surface area (Å²) in [7, 11) is 0. The molecule has 0 spiro atoms. The number of nitrogens with zero attached hydrogens (tertiary/aromatic N) is 1. The lowest BCUT2D eigenvalue weighted by Crippen LogP contribution is -2.37. The normalized spacial score (nSPS) is 15.8. The summed E-state index contributed by atoms with van der Waals surface area (Å²) in [5, 5.41) is 1.25. The first-order valence-electron chi connectivity index (χ1n) is 7.45. The molecule has 4 heteroatoms. The number of hydrogen-bond donors (Lipinski definition) is 0. The molecule has 22 heavy (non-hydrogen) atoms. The summed E-state index contributed by atoms with van der Waals surface area (Å²) >= 11 is 12.4. The van der Waals surface area contributed by atoms with Gasteiger partial charge in [0.15, 0.2) is 0 Å². The number of amides is 1. The van der Waals surface area contributed by atoms with Gasteiger partial charge in [-0.3, -0.25) is 4.79 Å². The van der Waals surface area contributed by atoms with Crippen LogP contribution in [0.25, 0.3) is 0 Å². The maximum Gasteiger partial charge on any atom is 0.253 e. The molecule has 2 nitrogen and oxygen atoms in total. The Morgan fingerprint density at radius 1 is 0.955 bits per heavy atom. The zero-order valence-electron chi connectivity index (χ0n) is 12.1. The standard InChI is InChI=1S/C18H17Cl2NO/c19-16-8-4-7-15(17(16)20)13-9-11-21(12-10-13)18(22)14-5-2-1-3-6-14/h1-8,13H,9-12H2. The lowest BCUT2D eigenvalue weighted by atomic mass is 9.89. The van der Waals surface area contributed by atoms with Gasteiger partial charge >= 0.3 is 0 Å². The van der Waals surface area contributed by atoms with Crippen LogP contribution < -0.4 is 0 Å². The van der Waals surface area contributed by atoms with Gasteiger partial charge in [0.2, 0.25) is 0 Å². The van der Waals surface area contributed by atoms with Crippen molar-refractivity contribution in [2.45, 2.75) is 18.8 Å². The molecule has 1 fully saturated rings. The number of hydrogen-bond acceptors (Lipinski definition) is 1. The van der Waals surface area contributed by atoms with Gasteiger partial charge in [0.05, 0.1) is 10.0 Å². The topological polar surface area (TPSA) is 20.3 Å². The van der Waals surface area contributed by atoms with E-state index in [-0.39, 0.29) is 5.91 Å². The smallest absolute Gasteiger partial charge is 0.253 e. The number of carbonyl (C=O) groups excluding carboxylic acids is 1. The highest BCUT2D eigenvalue weighted by atomic mass is 35.5. The van der Waals surface area contributed by atoms with Crippen LogP contribution in [0.3, 0.4) is 0 Å². The number of rotatable bonds is 2. The van der Waals surface area contributed by atoms with Gasteiger partial charge in [-0.1, -0.05) is 53.5 Å². The van der Waals surface area contributed by atoms with Crippen molar-refractivity contribution in [1.82, 2.24) is 4.90 Å². The predicted molar refractivity (Wildman–Crippen MR) is 90.8 cm³/mol. The van der Waals surface area contributed by atoms with Crippen molar-refractivity contribution in [2.24, 2.45) is 0 Å². The molecule has 1 amide bonds. The number of benzene rings is 2. The first-order chi connectivity index (χ1) is 10.7. The minimum atomic E-state index is 0.108. The zero-order chi connectivity index (χ0) is 15.5. The molecule has 1 saturated heterocycles. The summed E-state index contributed by atoms with van der Waals surface area (Å²) in [6.45, 7) is 1.50. The van der Waals surface area contributed by atoms with Gasteiger partial charge in [-0.2, -0.15) is 0 Å². The van der Waals surface area contributed by atoms with Crippen molar-refractivity contribution in [3.63, 3.8) is 0 Å². The summed E-state index contributed by atoms with van der Waals surface area (Å²) in [5.41, 5.74) is 1.85. The van der Waals surface area contributed by atoms with Gasteiger partial charge in [0, 0.05) is 18.7 Å². The Hall–Kier alpha value is -1.51. The molecule has 114 valence electrons. The van der Waals surface area contributed by atoms with Crippen molar-refractivity contribution in [1.29, 1.82) is 0 Å². The van der Waals surface area contributed by atoms with Crippen molar-refractivity contribution in [3.8, 4) is 0 Å². The second kappa shape index (κ2) is 6.72. The Labute approximate surface area is 140 Å². The van der Waals surface area contributed by atoms with Crippen molar-refractivity contribution in [2.75, 3.05) is 13.1 Å². The molecule has 0 atom stereocenters. The van der Waals surface area contributed by atoms with Crippen molar-refractivity contribution in [3.05, 3.63) is 69.7 Å². The van der Waals surface area contributed by atoms with Gasteiger partial charge in [-0.25, -0.2) is 0 Å². The third kappa shape index (κ3) is 3.13. The summed E-state index contributed by atoms with van der Waals surface area (Å²) in [6.07, 6.45) is 1.83. The maximum absolute atomic E-state index is 12.4. The van der Waals surface area contributed by atoms with Gasteiger partial charge < -0.3 is 4.90 Å². The third-order valence-electron chi connectivity index (χ3n) is 4.22. The van der Waals surface area contributed by atoms with Crippen LogP contribution in [-0.2, 0) is 0 Å². The molecule has 0 aromatic heterocycles. The van der Waals surface area contributed by atoms with E-state index in [1.54, 1.807) is 6.07 Å². The number of carbonyl (C=O) groups is 1. The highest BCUT2D eigenvalue weighted by molar-refractivity contribution is 6.42. The molecule has 2 aromatic rings. The van der Waals surface area contributed by atoms with Crippen LogP contribution in [0, 0.1) is 0 Å². The summed E-state index contributed by atoms with van der Waals surface area (Å²) in [4.78, 5) is 14.4. The molecule has 2 aromatic carbocycles. The fraction of sp³-hybridized carbons (Fsp3) is 0.278. The minimum absolute atomic E-state index is 0.108. The van der Waals surface area contributed by atoms with Gasteiger partial charge in [-0.05, 0) is 42.5 Å². The molecule has 0 N–H and O–H groups in total. The minimum Gasteiger partial charge on any atom is -0.339 e. The second-order valence-corrected chi connectivity index (χ2v) is 6.36. The Morgan fingerprint density at radius 3 is 2.32 bits per heavy atom. The number of piperidine rings is 1. The molecule has 0 radical (unpaired) electrons. The number of likely N-dealkylation sites (tertiary alicyclic amines) is 1. The Kier molecular flexibility index (Phi) is 4.70. The van der Waals surface area contributed by atoms with Gasteiger partial charge in [0.25, 0.3) is 5.91 Å². The highest BCUT2D eigenvalue weighted by Crippen LogP contribution is 2.36. The van der Waals surface area contributed by atoms with E-state index in [1.165, 1.54) is 0 Å². The predicted octanol–water partition coefficient (Wildman–Crippen LogP) is 5.01.